The predicted molar refractivity (Wildman–Crippen MR) is 62.2 cm³/mol. The Hall–Kier alpha value is -2.32. The van der Waals surface area contributed by atoms with Gasteiger partial charge in [-0.25, -0.2) is 4.79 Å². The molecule has 0 aliphatic rings. The summed E-state index contributed by atoms with van der Waals surface area (Å²) >= 11 is 0. The van der Waals surface area contributed by atoms with Crippen molar-refractivity contribution < 1.29 is 27.6 Å². The summed E-state index contributed by atoms with van der Waals surface area (Å²) in [6, 6.07) is 5.61. The van der Waals surface area contributed by atoms with Gasteiger partial charge >= 0.3 is 12.3 Å². The van der Waals surface area contributed by atoms with Gasteiger partial charge in [0.15, 0.2) is 6.61 Å². The van der Waals surface area contributed by atoms with Crippen molar-refractivity contribution in [3.8, 4) is 0 Å². The van der Waals surface area contributed by atoms with Gasteiger partial charge in [0.05, 0.1) is 4.92 Å². The highest BCUT2D eigenvalue weighted by Gasteiger charge is 2.29. The van der Waals surface area contributed by atoms with Crippen molar-refractivity contribution in [1.82, 2.24) is 5.32 Å². The van der Waals surface area contributed by atoms with E-state index in [1.54, 1.807) is 0 Å². The zero-order valence-corrected chi connectivity index (χ0v) is 10.1. The van der Waals surface area contributed by atoms with E-state index < -0.39 is 23.8 Å². The van der Waals surface area contributed by atoms with Gasteiger partial charge in [-0.15, -0.1) is 0 Å². The summed E-state index contributed by atoms with van der Waals surface area (Å²) < 4.78 is 39.2. The molecular formula is C11H11F3N2O4. The zero-order chi connectivity index (χ0) is 15.2. The lowest BCUT2D eigenvalue weighted by Gasteiger charge is -2.09. The number of nitro benzene ring substituents is 1. The van der Waals surface area contributed by atoms with Crippen molar-refractivity contribution >= 4 is 11.8 Å². The second kappa shape index (κ2) is 6.73. The Balaban J connectivity index is 2.30. The fraction of sp³-hybridized carbons (Fsp3) is 0.364. The minimum atomic E-state index is -4.56. The number of nitro groups is 1. The van der Waals surface area contributed by atoms with Crippen molar-refractivity contribution in [2.24, 2.45) is 0 Å². The molecule has 0 radical (unpaired) electrons. The zero-order valence-electron chi connectivity index (χ0n) is 10.1. The van der Waals surface area contributed by atoms with Gasteiger partial charge in [0.25, 0.3) is 5.69 Å². The highest BCUT2D eigenvalue weighted by molar-refractivity contribution is 5.67. The van der Waals surface area contributed by atoms with Gasteiger partial charge in [-0.3, -0.25) is 10.1 Å². The highest BCUT2D eigenvalue weighted by Crippen LogP contribution is 2.14. The smallest absolute Gasteiger partial charge is 0.422 e. The summed E-state index contributed by atoms with van der Waals surface area (Å²) in [4.78, 5) is 20.8. The number of non-ortho nitro benzene ring substituents is 1. The quantitative estimate of drug-likeness (QED) is 0.667. The molecule has 0 saturated carbocycles. The molecule has 0 bridgehead atoms. The first-order valence-electron chi connectivity index (χ1n) is 5.48. The summed E-state index contributed by atoms with van der Waals surface area (Å²) in [6.45, 7) is -1.58. The van der Waals surface area contributed by atoms with E-state index in [1.807, 2.05) is 0 Å². The van der Waals surface area contributed by atoms with Crippen LogP contribution in [0.25, 0.3) is 0 Å². The first-order chi connectivity index (χ1) is 9.28. The Morgan fingerprint density at radius 1 is 1.30 bits per heavy atom. The molecule has 1 N–H and O–H groups in total. The van der Waals surface area contributed by atoms with E-state index in [0.717, 1.165) is 0 Å². The molecule has 0 aliphatic heterocycles. The Labute approximate surface area is 111 Å². The molecule has 1 aromatic rings. The molecule has 9 heteroatoms. The van der Waals surface area contributed by atoms with Crippen LogP contribution in [-0.2, 0) is 11.2 Å². The molecule has 110 valence electrons. The van der Waals surface area contributed by atoms with E-state index in [-0.39, 0.29) is 12.2 Å². The number of nitrogens with one attached hydrogen (secondary N) is 1. The van der Waals surface area contributed by atoms with Gasteiger partial charge in [0.2, 0.25) is 0 Å². The lowest BCUT2D eigenvalue weighted by Crippen LogP contribution is -2.30. The average molecular weight is 292 g/mol. The van der Waals surface area contributed by atoms with Crippen LogP contribution in [0.5, 0.6) is 0 Å². The number of rotatable bonds is 5. The molecule has 0 unspecified atom stereocenters. The van der Waals surface area contributed by atoms with Gasteiger partial charge in [0, 0.05) is 18.7 Å². The Morgan fingerprint density at radius 3 is 2.40 bits per heavy atom. The number of carbonyl (C=O) groups is 1. The van der Waals surface area contributed by atoms with Gasteiger partial charge in [0.1, 0.15) is 0 Å². The number of carbonyl (C=O) groups excluding carboxylic acids is 1. The summed E-state index contributed by atoms with van der Waals surface area (Å²) in [7, 11) is 0. The van der Waals surface area contributed by atoms with E-state index >= 15 is 0 Å². The second-order valence-electron chi connectivity index (χ2n) is 3.79. The molecule has 0 saturated heterocycles. The third-order valence-electron chi connectivity index (χ3n) is 2.20. The number of ether oxygens (including phenoxy) is 1. The van der Waals surface area contributed by atoms with Crippen molar-refractivity contribution in [2.75, 3.05) is 13.2 Å². The monoisotopic (exact) mass is 292 g/mol. The summed E-state index contributed by atoms with van der Waals surface area (Å²) in [6.07, 6.45) is -5.40. The Bertz CT molecular complexity index is 474. The first kappa shape index (κ1) is 15.7. The molecule has 6 nitrogen and oxygen atoms in total. The topological polar surface area (TPSA) is 81.5 Å². The van der Waals surface area contributed by atoms with Crippen LogP contribution in [0.4, 0.5) is 23.7 Å². The van der Waals surface area contributed by atoms with E-state index in [0.29, 0.717) is 12.0 Å². The average Bonchev–Trinajstić information content (AvgIpc) is 2.36. The number of amides is 1. The number of hydrogen-bond donors (Lipinski definition) is 1. The molecule has 0 fully saturated rings. The minimum absolute atomic E-state index is 0.0636. The lowest BCUT2D eigenvalue weighted by atomic mass is 10.1. The number of alkyl halides is 3. The van der Waals surface area contributed by atoms with Crippen LogP contribution < -0.4 is 5.32 Å². The minimum Gasteiger partial charge on any atom is -0.440 e. The number of alkyl carbamates (subject to hydrolysis) is 1. The molecule has 1 aromatic carbocycles. The predicted octanol–water partition coefficient (Wildman–Crippen LogP) is 2.43. The maximum absolute atomic E-state index is 11.7. The highest BCUT2D eigenvalue weighted by atomic mass is 19.4. The van der Waals surface area contributed by atoms with Crippen LogP contribution in [0.2, 0.25) is 0 Å². The number of nitrogens with zero attached hydrogens (tertiary/aromatic N) is 1. The largest absolute Gasteiger partial charge is 0.440 e. The van der Waals surface area contributed by atoms with Crippen molar-refractivity contribution in [2.45, 2.75) is 12.6 Å². The van der Waals surface area contributed by atoms with Gasteiger partial charge in [-0.1, -0.05) is 12.1 Å². The molecular weight excluding hydrogens is 281 g/mol. The van der Waals surface area contributed by atoms with E-state index in [1.165, 1.54) is 24.3 Å². The molecule has 0 heterocycles. The van der Waals surface area contributed by atoms with E-state index in [2.05, 4.69) is 10.1 Å². The van der Waals surface area contributed by atoms with Crippen LogP contribution in [0, 0.1) is 10.1 Å². The number of halogens is 3. The molecule has 1 rings (SSSR count). The van der Waals surface area contributed by atoms with Crippen LogP contribution in [0.15, 0.2) is 24.3 Å². The molecule has 1 amide bonds. The molecule has 0 atom stereocenters. The van der Waals surface area contributed by atoms with Gasteiger partial charge in [-0.2, -0.15) is 13.2 Å². The third-order valence-corrected chi connectivity index (χ3v) is 2.20. The van der Waals surface area contributed by atoms with E-state index in [9.17, 15) is 28.1 Å². The molecule has 20 heavy (non-hydrogen) atoms. The summed E-state index contributed by atoms with van der Waals surface area (Å²) in [5.41, 5.74) is 0.637. The summed E-state index contributed by atoms with van der Waals surface area (Å²) in [5, 5.41) is 12.6. The number of benzene rings is 1. The van der Waals surface area contributed by atoms with E-state index in [4.69, 9.17) is 0 Å². The molecule has 0 aromatic heterocycles. The first-order valence-corrected chi connectivity index (χ1v) is 5.48. The summed E-state index contributed by atoms with van der Waals surface area (Å²) in [5.74, 6) is 0. The van der Waals surface area contributed by atoms with Crippen LogP contribution in [-0.4, -0.2) is 30.3 Å². The van der Waals surface area contributed by atoms with Gasteiger partial charge < -0.3 is 10.1 Å². The Kier molecular flexibility index (Phi) is 5.30. The standard InChI is InChI=1S/C11H11F3N2O4/c12-11(13,14)7-20-10(17)15-6-5-8-1-3-9(4-2-8)16(18)19/h1-4H,5-7H2,(H,15,17). The fourth-order valence-corrected chi connectivity index (χ4v) is 1.29. The lowest BCUT2D eigenvalue weighted by molar-refractivity contribution is -0.384. The second-order valence-corrected chi connectivity index (χ2v) is 3.79. The van der Waals surface area contributed by atoms with Crippen molar-refractivity contribution in [1.29, 1.82) is 0 Å². The van der Waals surface area contributed by atoms with Gasteiger partial charge in [-0.05, 0) is 12.0 Å². The SMILES string of the molecule is O=C(NCCc1ccc([N+](=O)[O-])cc1)OCC(F)(F)F. The van der Waals surface area contributed by atoms with Crippen LogP contribution in [0.3, 0.4) is 0 Å². The fourth-order valence-electron chi connectivity index (χ4n) is 1.29. The molecule has 0 aliphatic carbocycles. The molecule has 0 spiro atoms. The normalized spacial score (nSPS) is 10.9. The Morgan fingerprint density at radius 2 is 1.90 bits per heavy atom. The maximum atomic E-state index is 11.7. The number of hydrogen-bond acceptors (Lipinski definition) is 4. The van der Waals surface area contributed by atoms with Crippen LogP contribution >= 0.6 is 0 Å². The van der Waals surface area contributed by atoms with Crippen molar-refractivity contribution in [3.63, 3.8) is 0 Å². The van der Waals surface area contributed by atoms with Crippen molar-refractivity contribution in [3.05, 3.63) is 39.9 Å². The van der Waals surface area contributed by atoms with Crippen LogP contribution in [0.1, 0.15) is 5.56 Å². The third kappa shape index (κ3) is 6.03. The maximum Gasteiger partial charge on any atom is 0.422 e.